The number of carbonyl (C=O) groups excluding carboxylic acids is 1. The molecule has 0 atom stereocenters. The smallest absolute Gasteiger partial charge is 0.316 e. The Bertz CT molecular complexity index is 992. The fourth-order valence-corrected chi connectivity index (χ4v) is 4.73. The summed E-state index contributed by atoms with van der Waals surface area (Å²) in [6.45, 7) is 1.37. The van der Waals surface area contributed by atoms with E-state index in [0.29, 0.717) is 39.3 Å². The predicted molar refractivity (Wildman–Crippen MR) is 116 cm³/mol. The molecule has 1 aliphatic heterocycles. The molecule has 0 spiro atoms. The monoisotopic (exact) mass is 519 g/mol. The molecule has 0 radical (unpaired) electrons. The highest BCUT2D eigenvalue weighted by atomic mass is 79.9. The summed E-state index contributed by atoms with van der Waals surface area (Å²) in [5.74, 6) is 0.715. The van der Waals surface area contributed by atoms with Crippen LogP contribution in [-0.2, 0) is 6.42 Å². The molecule has 29 heavy (non-hydrogen) atoms. The van der Waals surface area contributed by atoms with Crippen molar-refractivity contribution in [3.8, 4) is 17.1 Å². The zero-order chi connectivity index (χ0) is 20.4. The first-order valence-corrected chi connectivity index (χ1v) is 10.9. The third kappa shape index (κ3) is 4.53. The Morgan fingerprint density at radius 3 is 2.45 bits per heavy atom. The van der Waals surface area contributed by atoms with Gasteiger partial charge in [0.05, 0.1) is 8.95 Å². The lowest BCUT2D eigenvalue weighted by atomic mass is 9.90. The van der Waals surface area contributed by atoms with Crippen LogP contribution in [0, 0.1) is 5.92 Å². The lowest BCUT2D eigenvalue weighted by Crippen LogP contribution is -2.39. The first-order chi connectivity index (χ1) is 14.0. The van der Waals surface area contributed by atoms with Crippen LogP contribution in [0.4, 0.5) is 0 Å². The molecule has 2 aromatic carbocycles. The Morgan fingerprint density at radius 2 is 1.79 bits per heavy atom. The van der Waals surface area contributed by atoms with Crippen molar-refractivity contribution in [1.29, 1.82) is 0 Å². The minimum atomic E-state index is -0.237. The minimum absolute atomic E-state index is 0.0122. The highest BCUT2D eigenvalue weighted by Gasteiger charge is 2.27. The second-order valence-electron chi connectivity index (χ2n) is 7.14. The number of carbonyl (C=O) groups is 1. The summed E-state index contributed by atoms with van der Waals surface area (Å²) >= 11 is 6.56. The Morgan fingerprint density at radius 1 is 1.14 bits per heavy atom. The second kappa shape index (κ2) is 8.67. The van der Waals surface area contributed by atoms with E-state index in [0.717, 1.165) is 19.3 Å². The molecule has 1 aromatic heterocycles. The number of piperidine rings is 1. The molecule has 1 amide bonds. The zero-order valence-corrected chi connectivity index (χ0v) is 18.7. The Balaban J connectivity index is 1.40. The first kappa shape index (κ1) is 20.1. The maximum atomic E-state index is 12.8. The third-order valence-electron chi connectivity index (χ3n) is 5.15. The first-order valence-electron chi connectivity index (χ1n) is 9.36. The number of likely N-dealkylation sites (tertiary alicyclic amines) is 1. The number of aromatic hydroxyl groups is 1. The molecule has 8 heteroatoms. The van der Waals surface area contributed by atoms with Gasteiger partial charge in [-0.25, -0.2) is 0 Å². The maximum absolute atomic E-state index is 12.8. The van der Waals surface area contributed by atoms with E-state index in [-0.39, 0.29) is 17.5 Å². The standard InChI is InChI=1S/C21H19Br2N3O3/c22-16-11-15(12-17(23)18(16)27)19-24-20(29-25-19)21(28)26-8-6-14(7-9-26)10-13-4-2-1-3-5-13/h1-5,11-12,14,27H,6-10H2. The molecule has 0 unspecified atom stereocenters. The number of amides is 1. The number of phenolic OH excluding ortho intramolecular Hbond substituents is 1. The van der Waals surface area contributed by atoms with Crippen molar-refractivity contribution in [2.24, 2.45) is 5.92 Å². The third-order valence-corrected chi connectivity index (χ3v) is 6.36. The van der Waals surface area contributed by atoms with Crippen molar-refractivity contribution in [3.05, 3.63) is 62.9 Å². The highest BCUT2D eigenvalue weighted by Crippen LogP contribution is 2.36. The Labute approximate surface area is 185 Å². The van der Waals surface area contributed by atoms with Gasteiger partial charge in [0.15, 0.2) is 0 Å². The van der Waals surface area contributed by atoms with Crippen molar-refractivity contribution >= 4 is 37.8 Å². The number of hydrogen-bond donors (Lipinski definition) is 1. The number of halogens is 2. The molecule has 6 nitrogen and oxygen atoms in total. The fraction of sp³-hybridized carbons (Fsp3) is 0.286. The van der Waals surface area contributed by atoms with E-state index in [4.69, 9.17) is 4.52 Å². The van der Waals surface area contributed by atoms with Crippen LogP contribution in [0.5, 0.6) is 5.75 Å². The van der Waals surface area contributed by atoms with Gasteiger partial charge in [-0.15, -0.1) is 0 Å². The summed E-state index contributed by atoms with van der Waals surface area (Å²) in [5.41, 5.74) is 1.97. The largest absolute Gasteiger partial charge is 0.506 e. The van der Waals surface area contributed by atoms with Crippen molar-refractivity contribution < 1.29 is 14.4 Å². The molecule has 1 saturated heterocycles. The van der Waals surface area contributed by atoms with E-state index in [1.807, 2.05) is 6.07 Å². The Kier molecular flexibility index (Phi) is 6.01. The molecule has 150 valence electrons. The average molecular weight is 521 g/mol. The van der Waals surface area contributed by atoms with E-state index in [9.17, 15) is 9.90 Å². The van der Waals surface area contributed by atoms with Gasteiger partial charge in [-0.05, 0) is 74.7 Å². The summed E-state index contributed by atoms with van der Waals surface area (Å²) in [6, 6.07) is 13.8. The van der Waals surface area contributed by atoms with Crippen LogP contribution in [-0.4, -0.2) is 39.1 Å². The number of nitrogens with zero attached hydrogens (tertiary/aromatic N) is 3. The summed E-state index contributed by atoms with van der Waals surface area (Å²) in [6.07, 6.45) is 2.96. The highest BCUT2D eigenvalue weighted by molar-refractivity contribution is 9.11. The fourth-order valence-electron chi connectivity index (χ4n) is 3.55. The van der Waals surface area contributed by atoms with Gasteiger partial charge in [-0.3, -0.25) is 4.79 Å². The van der Waals surface area contributed by atoms with Gasteiger partial charge >= 0.3 is 11.8 Å². The summed E-state index contributed by atoms with van der Waals surface area (Å²) in [7, 11) is 0. The number of phenols is 1. The predicted octanol–water partition coefficient (Wildman–Crippen LogP) is 5.06. The van der Waals surface area contributed by atoms with Crippen molar-refractivity contribution in [1.82, 2.24) is 15.0 Å². The lowest BCUT2D eigenvalue weighted by Gasteiger charge is -2.31. The van der Waals surface area contributed by atoms with E-state index in [1.165, 1.54) is 5.56 Å². The quantitative estimate of drug-likeness (QED) is 0.520. The molecular weight excluding hydrogens is 502 g/mol. The van der Waals surface area contributed by atoms with Gasteiger partial charge in [-0.1, -0.05) is 35.5 Å². The number of rotatable bonds is 4. The van der Waals surface area contributed by atoms with E-state index in [2.05, 4.69) is 66.3 Å². The molecule has 0 bridgehead atoms. The topological polar surface area (TPSA) is 79.5 Å². The SMILES string of the molecule is O=C(c1nc(-c2cc(Br)c(O)c(Br)c2)no1)N1CCC(Cc2ccccc2)CC1. The van der Waals surface area contributed by atoms with Gasteiger partial charge in [-0.2, -0.15) is 4.98 Å². The Hall–Kier alpha value is -2.19. The van der Waals surface area contributed by atoms with Crippen LogP contribution in [0.25, 0.3) is 11.4 Å². The zero-order valence-electron chi connectivity index (χ0n) is 15.5. The molecule has 3 aromatic rings. The van der Waals surface area contributed by atoms with Gasteiger partial charge in [0, 0.05) is 18.7 Å². The average Bonchev–Trinajstić information content (AvgIpc) is 3.23. The van der Waals surface area contributed by atoms with Crippen LogP contribution in [0.3, 0.4) is 0 Å². The minimum Gasteiger partial charge on any atom is -0.506 e. The number of aromatic nitrogens is 2. The normalized spacial score (nSPS) is 14.9. The molecule has 0 saturated carbocycles. The van der Waals surface area contributed by atoms with Crippen molar-refractivity contribution in [3.63, 3.8) is 0 Å². The molecule has 1 fully saturated rings. The maximum Gasteiger partial charge on any atom is 0.316 e. The molecule has 1 aliphatic rings. The summed E-state index contributed by atoms with van der Waals surface area (Å²) < 4.78 is 6.22. The summed E-state index contributed by atoms with van der Waals surface area (Å²) in [4.78, 5) is 18.8. The molecular formula is C21H19Br2N3O3. The summed E-state index contributed by atoms with van der Waals surface area (Å²) in [5, 5.41) is 13.8. The van der Waals surface area contributed by atoms with Crippen molar-refractivity contribution in [2.45, 2.75) is 19.3 Å². The van der Waals surface area contributed by atoms with Gasteiger partial charge in [0.2, 0.25) is 5.82 Å². The molecule has 1 N–H and O–H groups in total. The van der Waals surface area contributed by atoms with Gasteiger partial charge in [0.1, 0.15) is 5.75 Å². The van der Waals surface area contributed by atoms with Crippen LogP contribution in [0.1, 0.15) is 29.1 Å². The van der Waals surface area contributed by atoms with E-state index < -0.39 is 0 Å². The van der Waals surface area contributed by atoms with E-state index >= 15 is 0 Å². The van der Waals surface area contributed by atoms with Crippen LogP contribution in [0.15, 0.2) is 55.9 Å². The lowest BCUT2D eigenvalue weighted by molar-refractivity contribution is 0.0640. The number of hydrogen-bond acceptors (Lipinski definition) is 5. The van der Waals surface area contributed by atoms with Gasteiger partial charge < -0.3 is 14.5 Å². The van der Waals surface area contributed by atoms with Crippen LogP contribution >= 0.6 is 31.9 Å². The molecule has 2 heterocycles. The second-order valence-corrected chi connectivity index (χ2v) is 8.85. The molecule has 0 aliphatic carbocycles. The van der Waals surface area contributed by atoms with Crippen molar-refractivity contribution in [2.75, 3.05) is 13.1 Å². The van der Waals surface area contributed by atoms with Crippen LogP contribution in [0.2, 0.25) is 0 Å². The van der Waals surface area contributed by atoms with E-state index in [1.54, 1.807) is 17.0 Å². The molecule has 4 rings (SSSR count). The van der Waals surface area contributed by atoms with Crippen LogP contribution < -0.4 is 0 Å². The van der Waals surface area contributed by atoms with Gasteiger partial charge in [0.25, 0.3) is 0 Å². The number of benzene rings is 2.